The minimum absolute atomic E-state index is 0.0858. The third-order valence-corrected chi connectivity index (χ3v) is 3.92. The molecule has 1 aliphatic rings. The van der Waals surface area contributed by atoms with E-state index in [9.17, 15) is 4.79 Å². The minimum Gasteiger partial charge on any atom is -0.381 e. The van der Waals surface area contributed by atoms with Crippen molar-refractivity contribution in [3.05, 3.63) is 28.7 Å². The highest BCUT2D eigenvalue weighted by Gasteiger charge is 2.42. The number of hydrogen-bond acceptors (Lipinski definition) is 2. The van der Waals surface area contributed by atoms with Gasteiger partial charge in [-0.15, -0.1) is 0 Å². The molecule has 1 aliphatic carbocycles. The van der Waals surface area contributed by atoms with Crippen molar-refractivity contribution in [2.75, 3.05) is 5.32 Å². The molecular weight excluding hydrogens is 212 g/mol. The molecule has 1 saturated carbocycles. The Balaban J connectivity index is 2.10. The monoisotopic (exact) mass is 234 g/mol. The Labute approximate surface area is 103 Å². The molecule has 1 unspecified atom stereocenters. The van der Waals surface area contributed by atoms with Gasteiger partial charge in [0.05, 0.1) is 5.69 Å². The SMILES string of the molecule is CCCn1cc(NC(C)C2(C)CC2)ccc1=O. The van der Waals surface area contributed by atoms with Crippen molar-refractivity contribution in [1.29, 1.82) is 0 Å². The molecule has 0 aromatic carbocycles. The Bertz CT molecular complexity index is 446. The van der Waals surface area contributed by atoms with Crippen LogP contribution in [-0.2, 0) is 6.54 Å². The fourth-order valence-corrected chi connectivity index (χ4v) is 2.09. The Morgan fingerprint density at radius 2 is 2.18 bits per heavy atom. The van der Waals surface area contributed by atoms with Crippen LogP contribution in [0.2, 0.25) is 0 Å². The van der Waals surface area contributed by atoms with E-state index in [4.69, 9.17) is 0 Å². The van der Waals surface area contributed by atoms with Gasteiger partial charge in [0, 0.05) is 24.8 Å². The number of pyridine rings is 1. The van der Waals surface area contributed by atoms with Crippen LogP contribution < -0.4 is 10.9 Å². The molecule has 1 N–H and O–H groups in total. The summed E-state index contributed by atoms with van der Waals surface area (Å²) >= 11 is 0. The van der Waals surface area contributed by atoms with Crippen molar-refractivity contribution < 1.29 is 0 Å². The number of aryl methyl sites for hydroxylation is 1. The van der Waals surface area contributed by atoms with E-state index in [0.29, 0.717) is 11.5 Å². The predicted molar refractivity (Wildman–Crippen MR) is 71.4 cm³/mol. The van der Waals surface area contributed by atoms with E-state index in [1.165, 1.54) is 12.8 Å². The van der Waals surface area contributed by atoms with Crippen LogP contribution in [0.5, 0.6) is 0 Å². The summed E-state index contributed by atoms with van der Waals surface area (Å²) in [6.45, 7) is 7.41. The third kappa shape index (κ3) is 2.71. The van der Waals surface area contributed by atoms with Gasteiger partial charge < -0.3 is 9.88 Å². The molecule has 0 bridgehead atoms. The normalized spacial score (nSPS) is 18.8. The minimum atomic E-state index is 0.0858. The Hall–Kier alpha value is -1.25. The maximum absolute atomic E-state index is 11.6. The Morgan fingerprint density at radius 1 is 1.47 bits per heavy atom. The van der Waals surface area contributed by atoms with Gasteiger partial charge in [0.2, 0.25) is 0 Å². The second-order valence-corrected chi connectivity index (χ2v) is 5.47. The van der Waals surface area contributed by atoms with Crippen molar-refractivity contribution in [3.63, 3.8) is 0 Å². The number of anilines is 1. The van der Waals surface area contributed by atoms with Crippen LogP contribution in [0.3, 0.4) is 0 Å². The van der Waals surface area contributed by atoms with Crippen LogP contribution in [0.4, 0.5) is 5.69 Å². The highest BCUT2D eigenvalue weighted by molar-refractivity contribution is 5.42. The van der Waals surface area contributed by atoms with Crippen LogP contribution >= 0.6 is 0 Å². The van der Waals surface area contributed by atoms with Crippen LogP contribution in [0.15, 0.2) is 23.1 Å². The van der Waals surface area contributed by atoms with E-state index in [0.717, 1.165) is 18.7 Å². The van der Waals surface area contributed by atoms with Gasteiger partial charge >= 0.3 is 0 Å². The molecule has 1 heterocycles. The topological polar surface area (TPSA) is 34.0 Å². The highest BCUT2D eigenvalue weighted by Crippen LogP contribution is 2.48. The lowest BCUT2D eigenvalue weighted by Crippen LogP contribution is -2.26. The van der Waals surface area contributed by atoms with Gasteiger partial charge in [-0.3, -0.25) is 4.79 Å². The van der Waals surface area contributed by atoms with Crippen molar-refractivity contribution in [2.45, 2.75) is 52.6 Å². The maximum Gasteiger partial charge on any atom is 0.250 e. The number of nitrogens with one attached hydrogen (secondary N) is 1. The quantitative estimate of drug-likeness (QED) is 0.850. The molecule has 0 saturated heterocycles. The molecule has 1 fully saturated rings. The summed E-state index contributed by atoms with van der Waals surface area (Å²) in [6.07, 6.45) is 5.52. The molecule has 0 spiro atoms. The van der Waals surface area contributed by atoms with E-state index in [-0.39, 0.29) is 5.56 Å². The lowest BCUT2D eigenvalue weighted by Gasteiger charge is -2.22. The Morgan fingerprint density at radius 3 is 2.76 bits per heavy atom. The molecule has 1 aromatic heterocycles. The van der Waals surface area contributed by atoms with Crippen LogP contribution in [0.25, 0.3) is 0 Å². The van der Waals surface area contributed by atoms with Crippen molar-refractivity contribution >= 4 is 5.69 Å². The average molecular weight is 234 g/mol. The molecule has 1 aromatic rings. The molecule has 3 nitrogen and oxygen atoms in total. The molecule has 0 amide bonds. The van der Waals surface area contributed by atoms with Gasteiger partial charge in [0.25, 0.3) is 5.56 Å². The lowest BCUT2D eigenvalue weighted by molar-refractivity contribution is 0.492. The highest BCUT2D eigenvalue weighted by atomic mass is 16.1. The fraction of sp³-hybridized carbons (Fsp3) is 0.643. The van der Waals surface area contributed by atoms with Gasteiger partial charge in [-0.2, -0.15) is 0 Å². The second kappa shape index (κ2) is 4.55. The average Bonchev–Trinajstić information content (AvgIpc) is 3.03. The zero-order valence-electron chi connectivity index (χ0n) is 11.0. The summed E-state index contributed by atoms with van der Waals surface area (Å²) in [6, 6.07) is 4.01. The van der Waals surface area contributed by atoms with Gasteiger partial charge in [-0.25, -0.2) is 0 Å². The smallest absolute Gasteiger partial charge is 0.250 e. The number of hydrogen-bond donors (Lipinski definition) is 1. The van der Waals surface area contributed by atoms with Crippen molar-refractivity contribution in [1.82, 2.24) is 4.57 Å². The van der Waals surface area contributed by atoms with Gasteiger partial charge in [0.15, 0.2) is 0 Å². The zero-order chi connectivity index (χ0) is 12.5. The van der Waals surface area contributed by atoms with Gasteiger partial charge in [-0.1, -0.05) is 13.8 Å². The van der Waals surface area contributed by atoms with Crippen molar-refractivity contribution in [2.24, 2.45) is 5.41 Å². The first-order valence-corrected chi connectivity index (χ1v) is 6.52. The lowest BCUT2D eigenvalue weighted by atomic mass is 10.0. The first-order valence-electron chi connectivity index (χ1n) is 6.52. The van der Waals surface area contributed by atoms with E-state index < -0.39 is 0 Å². The summed E-state index contributed by atoms with van der Waals surface area (Å²) in [5, 5.41) is 3.51. The van der Waals surface area contributed by atoms with Crippen LogP contribution in [0.1, 0.15) is 40.0 Å². The van der Waals surface area contributed by atoms with E-state index in [1.54, 1.807) is 10.6 Å². The number of rotatable bonds is 5. The first kappa shape index (κ1) is 12.2. The number of nitrogens with zero attached hydrogens (tertiary/aromatic N) is 1. The van der Waals surface area contributed by atoms with Crippen LogP contribution in [0, 0.1) is 5.41 Å². The summed E-state index contributed by atoms with van der Waals surface area (Å²) in [5.41, 5.74) is 1.59. The largest absolute Gasteiger partial charge is 0.381 e. The Kier molecular flexibility index (Phi) is 3.27. The van der Waals surface area contributed by atoms with Crippen molar-refractivity contribution in [3.8, 4) is 0 Å². The van der Waals surface area contributed by atoms with Crippen LogP contribution in [-0.4, -0.2) is 10.6 Å². The summed E-state index contributed by atoms with van der Waals surface area (Å²) in [7, 11) is 0. The van der Waals surface area contributed by atoms with E-state index in [2.05, 4.69) is 26.1 Å². The summed E-state index contributed by atoms with van der Waals surface area (Å²) in [4.78, 5) is 11.6. The number of aromatic nitrogens is 1. The van der Waals surface area contributed by atoms with Gasteiger partial charge in [0.1, 0.15) is 0 Å². The fourth-order valence-electron chi connectivity index (χ4n) is 2.09. The molecule has 0 aliphatic heterocycles. The zero-order valence-corrected chi connectivity index (χ0v) is 11.0. The summed E-state index contributed by atoms with van der Waals surface area (Å²) < 4.78 is 1.78. The molecule has 94 valence electrons. The van der Waals surface area contributed by atoms with E-state index in [1.807, 2.05) is 12.3 Å². The van der Waals surface area contributed by atoms with Gasteiger partial charge in [-0.05, 0) is 37.7 Å². The molecule has 3 heteroatoms. The molecule has 1 atom stereocenters. The summed E-state index contributed by atoms with van der Waals surface area (Å²) in [5.74, 6) is 0. The molecular formula is C14H22N2O. The standard InChI is InChI=1S/C14H22N2O/c1-4-9-16-10-12(5-6-13(16)17)15-11(2)14(3)7-8-14/h5-6,10-11,15H,4,7-9H2,1-3H3. The molecule has 17 heavy (non-hydrogen) atoms. The first-order chi connectivity index (χ1) is 8.05. The van der Waals surface area contributed by atoms with E-state index >= 15 is 0 Å². The predicted octanol–water partition coefficient (Wildman–Crippen LogP) is 2.86. The molecule has 2 rings (SSSR count). The molecule has 0 radical (unpaired) electrons. The second-order valence-electron chi connectivity index (χ2n) is 5.47. The third-order valence-electron chi connectivity index (χ3n) is 3.92. The maximum atomic E-state index is 11.6.